The minimum Gasteiger partial charge on any atom is -0.423 e. The number of halogens is 2. The van der Waals surface area contributed by atoms with Gasteiger partial charge in [0.15, 0.2) is 5.78 Å². The number of hydrazine groups is 1. The Balaban J connectivity index is 1.52. The minimum absolute atomic E-state index is 0.0156. The number of imide groups is 1. The molecule has 1 fully saturated rings. The largest absolute Gasteiger partial charge is 0.423 e. The van der Waals surface area contributed by atoms with Crippen LogP contribution in [0.4, 0.5) is 5.69 Å². The Labute approximate surface area is 236 Å². The van der Waals surface area contributed by atoms with Crippen molar-refractivity contribution >= 4 is 58.4 Å². The van der Waals surface area contributed by atoms with Gasteiger partial charge in [0.25, 0.3) is 11.6 Å². The molecule has 0 unspecified atom stereocenters. The molecule has 40 heavy (non-hydrogen) atoms. The predicted molar refractivity (Wildman–Crippen MR) is 142 cm³/mol. The van der Waals surface area contributed by atoms with Crippen molar-refractivity contribution in [3.8, 4) is 5.75 Å². The first-order valence-corrected chi connectivity index (χ1v) is 12.5. The molecule has 1 aliphatic rings. The van der Waals surface area contributed by atoms with Crippen LogP contribution in [0.1, 0.15) is 50.3 Å². The number of nitro groups is 1. The summed E-state index contributed by atoms with van der Waals surface area (Å²) in [5.74, 6) is -3.33. The Hall–Kier alpha value is -4.61. The average Bonchev–Trinajstić information content (AvgIpc) is 2.93. The van der Waals surface area contributed by atoms with Gasteiger partial charge in [-0.2, -0.15) is 5.01 Å². The molecule has 4 rings (SSSR count). The van der Waals surface area contributed by atoms with Crippen molar-refractivity contribution in [2.75, 3.05) is 6.54 Å². The quantitative estimate of drug-likeness (QED) is 0.0908. The molecule has 0 aliphatic carbocycles. The normalized spacial score (nSPS) is 13.1. The van der Waals surface area contributed by atoms with Gasteiger partial charge in [-0.25, -0.2) is 9.80 Å². The SMILES string of the molecule is O=C(CN(C(=O)c1ccc(Cl)c(Cl)c1)N1C(=O)CCCC1=O)c1ccc(OC(=O)c2ccc([N+](=O)[O-])cc2)cc1. The number of ether oxygens (including phenoxy) is 1. The maximum absolute atomic E-state index is 13.4. The number of nitrogens with zero attached hydrogens (tertiary/aromatic N) is 3. The summed E-state index contributed by atoms with van der Waals surface area (Å²) in [5, 5.41) is 12.5. The molecule has 0 bridgehead atoms. The molecule has 11 nitrogen and oxygen atoms in total. The van der Waals surface area contributed by atoms with Gasteiger partial charge >= 0.3 is 5.97 Å². The number of hydrogen-bond acceptors (Lipinski definition) is 8. The van der Waals surface area contributed by atoms with Crippen LogP contribution in [0.5, 0.6) is 5.75 Å². The van der Waals surface area contributed by atoms with Crippen LogP contribution in [-0.2, 0) is 9.59 Å². The second-order valence-corrected chi connectivity index (χ2v) is 9.40. The van der Waals surface area contributed by atoms with Crippen LogP contribution in [0.3, 0.4) is 0 Å². The van der Waals surface area contributed by atoms with Crippen molar-refractivity contribution in [2.45, 2.75) is 19.3 Å². The lowest BCUT2D eigenvalue weighted by Gasteiger charge is -2.35. The highest BCUT2D eigenvalue weighted by Crippen LogP contribution is 2.25. The molecule has 1 aliphatic heterocycles. The van der Waals surface area contributed by atoms with Crippen molar-refractivity contribution in [1.29, 1.82) is 0 Å². The Kier molecular flexibility index (Phi) is 8.56. The molecule has 3 amide bonds. The zero-order valence-corrected chi connectivity index (χ0v) is 22.1. The third-order valence-corrected chi connectivity index (χ3v) is 6.63. The molecule has 0 N–H and O–H groups in total. The third kappa shape index (κ3) is 6.33. The number of rotatable bonds is 8. The number of amides is 3. The van der Waals surface area contributed by atoms with Gasteiger partial charge < -0.3 is 4.74 Å². The lowest BCUT2D eigenvalue weighted by atomic mass is 10.1. The van der Waals surface area contributed by atoms with Crippen molar-refractivity contribution in [2.24, 2.45) is 0 Å². The summed E-state index contributed by atoms with van der Waals surface area (Å²) in [6, 6.07) is 14.2. The molecule has 13 heteroatoms. The van der Waals surface area contributed by atoms with Gasteiger partial charge in [-0.15, -0.1) is 0 Å². The van der Waals surface area contributed by atoms with Gasteiger partial charge in [-0.3, -0.25) is 29.3 Å². The summed E-state index contributed by atoms with van der Waals surface area (Å²) in [7, 11) is 0. The standard InChI is InChI=1S/C27H19Cl2N3O8/c28-21-13-8-18(14-22(21)29)26(36)30(31-24(34)2-1-3-25(31)35)15-23(33)16-6-11-20(12-7-16)40-27(37)17-4-9-19(10-5-17)32(38)39/h4-14H,1-3,15H2. The minimum atomic E-state index is -0.802. The molecule has 0 spiro atoms. The van der Waals surface area contributed by atoms with E-state index in [1.807, 2.05) is 0 Å². The molecule has 3 aromatic rings. The zero-order valence-electron chi connectivity index (χ0n) is 20.5. The summed E-state index contributed by atoms with van der Waals surface area (Å²) in [5.41, 5.74) is 0.0259. The Morgan fingerprint density at radius 3 is 2.00 bits per heavy atom. The molecule has 1 heterocycles. The predicted octanol–water partition coefficient (Wildman–Crippen LogP) is 4.90. The summed E-state index contributed by atoms with van der Waals surface area (Å²) in [6.07, 6.45) is 0.386. The summed E-state index contributed by atoms with van der Waals surface area (Å²) >= 11 is 12.0. The second kappa shape index (κ2) is 12.1. The number of nitro benzene ring substituents is 1. The van der Waals surface area contributed by atoms with Gasteiger partial charge in [0.1, 0.15) is 12.3 Å². The van der Waals surface area contributed by atoms with Gasteiger partial charge in [-0.05, 0) is 61.0 Å². The molecule has 0 atom stereocenters. The van der Waals surface area contributed by atoms with E-state index in [1.165, 1.54) is 66.7 Å². The van der Waals surface area contributed by atoms with E-state index in [4.69, 9.17) is 27.9 Å². The van der Waals surface area contributed by atoms with Crippen LogP contribution >= 0.6 is 23.2 Å². The van der Waals surface area contributed by atoms with Crippen LogP contribution in [0.15, 0.2) is 66.7 Å². The highest BCUT2D eigenvalue weighted by Gasteiger charge is 2.36. The molecule has 0 aromatic heterocycles. The Morgan fingerprint density at radius 1 is 0.850 bits per heavy atom. The number of Topliss-reactive ketones (excluding diaryl/α,β-unsaturated/α-hetero) is 1. The van der Waals surface area contributed by atoms with E-state index in [-0.39, 0.29) is 51.0 Å². The van der Waals surface area contributed by atoms with Crippen LogP contribution in [-0.4, -0.2) is 51.0 Å². The number of carbonyl (C=O) groups excluding carboxylic acids is 5. The maximum atomic E-state index is 13.4. The van der Waals surface area contributed by atoms with Crippen molar-refractivity contribution in [1.82, 2.24) is 10.0 Å². The number of benzene rings is 3. The van der Waals surface area contributed by atoms with E-state index in [0.717, 1.165) is 5.01 Å². The smallest absolute Gasteiger partial charge is 0.343 e. The van der Waals surface area contributed by atoms with Gasteiger partial charge in [0.2, 0.25) is 11.8 Å². The molecule has 1 saturated heterocycles. The number of esters is 1. The first kappa shape index (κ1) is 28.4. The van der Waals surface area contributed by atoms with Crippen LogP contribution in [0, 0.1) is 10.1 Å². The topological polar surface area (TPSA) is 144 Å². The monoisotopic (exact) mass is 583 g/mol. The highest BCUT2D eigenvalue weighted by molar-refractivity contribution is 6.42. The van der Waals surface area contributed by atoms with Crippen LogP contribution in [0.25, 0.3) is 0 Å². The average molecular weight is 584 g/mol. The maximum Gasteiger partial charge on any atom is 0.343 e. The van der Waals surface area contributed by atoms with E-state index in [1.54, 1.807) is 0 Å². The van der Waals surface area contributed by atoms with E-state index in [0.29, 0.717) is 11.4 Å². The molecule has 3 aromatic carbocycles. The molecular weight excluding hydrogens is 565 g/mol. The lowest BCUT2D eigenvalue weighted by molar-refractivity contribution is -0.384. The van der Waals surface area contributed by atoms with Crippen LogP contribution < -0.4 is 4.74 Å². The first-order chi connectivity index (χ1) is 19.0. The second-order valence-electron chi connectivity index (χ2n) is 8.59. The van der Waals surface area contributed by atoms with Gasteiger partial charge in [0, 0.05) is 36.1 Å². The van der Waals surface area contributed by atoms with Crippen molar-refractivity contribution in [3.63, 3.8) is 0 Å². The fraction of sp³-hybridized carbons (Fsp3) is 0.148. The summed E-state index contributed by atoms with van der Waals surface area (Å²) in [4.78, 5) is 74.3. The molecule has 0 saturated carbocycles. The molecule has 0 radical (unpaired) electrons. The van der Waals surface area contributed by atoms with Crippen LogP contribution in [0.2, 0.25) is 10.0 Å². The van der Waals surface area contributed by atoms with E-state index in [2.05, 4.69) is 0 Å². The van der Waals surface area contributed by atoms with Crippen molar-refractivity contribution < 1.29 is 33.6 Å². The number of piperidine rings is 1. The Bertz CT molecular complexity index is 1510. The first-order valence-electron chi connectivity index (χ1n) is 11.8. The fourth-order valence-corrected chi connectivity index (χ4v) is 4.14. The lowest BCUT2D eigenvalue weighted by Crippen LogP contribution is -2.56. The van der Waals surface area contributed by atoms with E-state index in [9.17, 15) is 34.1 Å². The molecular formula is C27H19Cl2N3O8. The van der Waals surface area contributed by atoms with Gasteiger partial charge in [-0.1, -0.05) is 23.2 Å². The number of non-ortho nitro benzene ring substituents is 1. The highest BCUT2D eigenvalue weighted by atomic mass is 35.5. The third-order valence-electron chi connectivity index (χ3n) is 5.89. The van der Waals surface area contributed by atoms with E-state index < -0.39 is 40.9 Å². The van der Waals surface area contributed by atoms with E-state index >= 15 is 0 Å². The number of carbonyl (C=O) groups is 5. The number of hydrogen-bond donors (Lipinski definition) is 0. The molecule has 204 valence electrons. The fourth-order valence-electron chi connectivity index (χ4n) is 3.84. The summed E-state index contributed by atoms with van der Waals surface area (Å²) in [6.45, 7) is -0.640. The zero-order chi connectivity index (χ0) is 29.0. The van der Waals surface area contributed by atoms with Crippen molar-refractivity contribution in [3.05, 3.63) is 104 Å². The summed E-state index contributed by atoms with van der Waals surface area (Å²) < 4.78 is 5.25. The number of ketones is 1. The van der Waals surface area contributed by atoms with Gasteiger partial charge in [0.05, 0.1) is 20.5 Å². The Morgan fingerprint density at radius 2 is 1.43 bits per heavy atom.